The van der Waals surface area contributed by atoms with Crippen LogP contribution in [-0.4, -0.2) is 39.7 Å². The van der Waals surface area contributed by atoms with Crippen LogP contribution in [0.2, 0.25) is 0 Å². The molecule has 0 fully saturated rings. The molecule has 0 aliphatic heterocycles. The molecule has 1 atom stereocenters. The SMILES string of the molecule is C#Cc1nc(NC(=O)N(C)[C@@H](CO)c2ccc(-c3cccc4ncsc34)cc2)cs1. The van der Waals surface area contributed by atoms with Gasteiger partial charge in [0.25, 0.3) is 0 Å². The van der Waals surface area contributed by atoms with Crippen LogP contribution in [0.4, 0.5) is 10.6 Å². The van der Waals surface area contributed by atoms with Gasteiger partial charge in [0.2, 0.25) is 0 Å². The number of nitrogens with one attached hydrogen (secondary N) is 1. The van der Waals surface area contributed by atoms with Crippen molar-refractivity contribution in [1.29, 1.82) is 0 Å². The van der Waals surface area contributed by atoms with Crippen molar-refractivity contribution in [2.45, 2.75) is 6.04 Å². The summed E-state index contributed by atoms with van der Waals surface area (Å²) in [6.45, 7) is -0.208. The number of fused-ring (bicyclic) bond motifs is 1. The van der Waals surface area contributed by atoms with Gasteiger partial charge in [-0.1, -0.05) is 36.4 Å². The number of aliphatic hydroxyl groups excluding tert-OH is 1. The average molecular weight is 435 g/mol. The summed E-state index contributed by atoms with van der Waals surface area (Å²) in [6.07, 6.45) is 5.32. The van der Waals surface area contributed by atoms with Gasteiger partial charge in [-0.3, -0.25) is 5.32 Å². The van der Waals surface area contributed by atoms with E-state index in [2.05, 4.69) is 27.3 Å². The predicted octanol–water partition coefficient (Wildman–Crippen LogP) is 4.60. The number of amides is 2. The number of thiazole rings is 2. The molecule has 8 heteroatoms. The maximum Gasteiger partial charge on any atom is 0.323 e. The Balaban J connectivity index is 1.53. The van der Waals surface area contributed by atoms with Crippen molar-refractivity contribution >= 4 is 44.7 Å². The van der Waals surface area contributed by atoms with Crippen molar-refractivity contribution in [3.63, 3.8) is 0 Å². The Labute approximate surface area is 181 Å². The Morgan fingerprint density at radius 1 is 1.27 bits per heavy atom. The Bertz CT molecular complexity index is 1220. The highest BCUT2D eigenvalue weighted by Crippen LogP contribution is 2.32. The van der Waals surface area contributed by atoms with Crippen molar-refractivity contribution in [2.75, 3.05) is 19.0 Å². The standard InChI is InChI=1S/C22H18N4O2S2/c1-3-20-24-19(12-29-20)25-22(28)26(2)18(11-27)15-9-7-14(8-10-15)16-5-4-6-17-21(16)30-13-23-17/h1,4-10,12-13,18,27H,11H2,2H3,(H,25,28)/t18-/m0/s1. The number of aliphatic hydroxyl groups is 1. The fraction of sp³-hybridized carbons (Fsp3) is 0.136. The molecule has 2 aromatic carbocycles. The van der Waals surface area contributed by atoms with E-state index in [-0.39, 0.29) is 12.6 Å². The second-order valence-corrected chi connectivity index (χ2v) is 8.26. The van der Waals surface area contributed by atoms with Crippen molar-refractivity contribution in [2.24, 2.45) is 0 Å². The first kappa shape index (κ1) is 20.0. The van der Waals surface area contributed by atoms with Crippen LogP contribution in [0.1, 0.15) is 16.6 Å². The second kappa shape index (κ2) is 8.63. The summed E-state index contributed by atoms with van der Waals surface area (Å²) < 4.78 is 1.13. The summed E-state index contributed by atoms with van der Waals surface area (Å²) in [5.41, 5.74) is 5.81. The van der Waals surface area contributed by atoms with Crippen LogP contribution in [-0.2, 0) is 0 Å². The van der Waals surface area contributed by atoms with Gasteiger partial charge in [0.1, 0.15) is 5.82 Å². The third-order valence-corrected chi connectivity index (χ3v) is 6.44. The monoisotopic (exact) mass is 434 g/mol. The van der Waals surface area contributed by atoms with Crippen LogP contribution < -0.4 is 5.32 Å². The molecule has 2 aromatic heterocycles. The maximum atomic E-state index is 12.6. The van der Waals surface area contributed by atoms with Crippen molar-refractivity contribution in [1.82, 2.24) is 14.9 Å². The molecule has 2 heterocycles. The maximum absolute atomic E-state index is 12.6. The number of carbonyl (C=O) groups is 1. The molecule has 0 spiro atoms. The highest BCUT2D eigenvalue weighted by molar-refractivity contribution is 7.17. The topological polar surface area (TPSA) is 78.4 Å². The highest BCUT2D eigenvalue weighted by atomic mass is 32.1. The summed E-state index contributed by atoms with van der Waals surface area (Å²) in [4.78, 5) is 22.6. The third-order valence-electron chi connectivity index (χ3n) is 4.79. The van der Waals surface area contributed by atoms with Crippen molar-refractivity contribution in [3.8, 4) is 23.5 Å². The fourth-order valence-electron chi connectivity index (χ4n) is 3.19. The van der Waals surface area contributed by atoms with Crippen LogP contribution in [0.3, 0.4) is 0 Å². The van der Waals surface area contributed by atoms with Gasteiger partial charge < -0.3 is 10.0 Å². The number of urea groups is 1. The number of benzene rings is 2. The van der Waals surface area contributed by atoms with E-state index in [1.54, 1.807) is 23.8 Å². The molecule has 0 saturated heterocycles. The molecule has 6 nitrogen and oxygen atoms in total. The molecule has 4 rings (SSSR count). The van der Waals surface area contributed by atoms with Gasteiger partial charge in [0.15, 0.2) is 5.01 Å². The zero-order chi connectivity index (χ0) is 21.1. The van der Waals surface area contributed by atoms with E-state index in [1.807, 2.05) is 41.9 Å². The average Bonchev–Trinajstić information content (AvgIpc) is 3.43. The van der Waals surface area contributed by atoms with E-state index in [4.69, 9.17) is 6.42 Å². The first-order valence-corrected chi connectivity index (χ1v) is 10.9. The lowest BCUT2D eigenvalue weighted by Gasteiger charge is -2.27. The molecule has 0 unspecified atom stereocenters. The minimum absolute atomic E-state index is 0.208. The van der Waals surface area contributed by atoms with E-state index < -0.39 is 6.04 Å². The van der Waals surface area contributed by atoms with Crippen LogP contribution in [0.15, 0.2) is 53.4 Å². The van der Waals surface area contributed by atoms with E-state index >= 15 is 0 Å². The minimum atomic E-state index is -0.496. The number of nitrogens with zero attached hydrogens (tertiary/aromatic N) is 3. The van der Waals surface area contributed by atoms with E-state index in [1.165, 1.54) is 16.2 Å². The van der Waals surface area contributed by atoms with Gasteiger partial charge in [-0.2, -0.15) is 0 Å². The third kappa shape index (κ3) is 3.91. The van der Waals surface area contributed by atoms with Crippen LogP contribution in [0, 0.1) is 12.3 Å². The van der Waals surface area contributed by atoms with Crippen molar-refractivity contribution < 1.29 is 9.90 Å². The Kier molecular flexibility index (Phi) is 5.77. The zero-order valence-electron chi connectivity index (χ0n) is 16.1. The molecule has 0 aliphatic carbocycles. The number of likely N-dealkylation sites (N-methyl/N-ethyl adjacent to an activating group) is 1. The normalized spacial score (nSPS) is 11.8. The lowest BCUT2D eigenvalue weighted by Crippen LogP contribution is -2.36. The fourth-order valence-corrected chi connectivity index (χ4v) is 4.57. The lowest BCUT2D eigenvalue weighted by molar-refractivity contribution is 0.159. The molecule has 0 radical (unpaired) electrons. The van der Waals surface area contributed by atoms with Crippen LogP contribution in [0.5, 0.6) is 0 Å². The van der Waals surface area contributed by atoms with Gasteiger partial charge in [-0.25, -0.2) is 14.8 Å². The molecule has 0 saturated carbocycles. The smallest absolute Gasteiger partial charge is 0.323 e. The molecule has 2 N–H and O–H groups in total. The summed E-state index contributed by atoms with van der Waals surface area (Å²) in [6, 6.07) is 13.0. The predicted molar refractivity (Wildman–Crippen MR) is 122 cm³/mol. The number of hydrogen-bond donors (Lipinski definition) is 2. The van der Waals surface area contributed by atoms with Gasteiger partial charge >= 0.3 is 6.03 Å². The summed E-state index contributed by atoms with van der Waals surface area (Å²) in [5.74, 6) is 2.83. The van der Waals surface area contributed by atoms with Gasteiger partial charge in [-0.05, 0) is 23.1 Å². The van der Waals surface area contributed by atoms with Crippen LogP contribution in [0.25, 0.3) is 21.3 Å². The Hall–Kier alpha value is -3.25. The number of terminal acetylenes is 1. The second-order valence-electron chi connectivity index (χ2n) is 6.55. The van der Waals surface area contributed by atoms with Crippen molar-refractivity contribution in [3.05, 3.63) is 63.9 Å². The zero-order valence-corrected chi connectivity index (χ0v) is 17.7. The number of hydrogen-bond acceptors (Lipinski definition) is 6. The first-order chi connectivity index (χ1) is 14.6. The molecule has 2 amide bonds. The van der Waals surface area contributed by atoms with E-state index in [9.17, 15) is 9.90 Å². The number of anilines is 1. The Morgan fingerprint density at radius 3 is 2.77 bits per heavy atom. The molecular formula is C22H18N4O2S2. The largest absolute Gasteiger partial charge is 0.394 e. The quantitative estimate of drug-likeness (QED) is 0.450. The van der Waals surface area contributed by atoms with Gasteiger partial charge in [0, 0.05) is 18.0 Å². The highest BCUT2D eigenvalue weighted by Gasteiger charge is 2.22. The first-order valence-electron chi connectivity index (χ1n) is 9.10. The molecular weight excluding hydrogens is 416 g/mol. The summed E-state index contributed by atoms with van der Waals surface area (Å²) in [5, 5.41) is 14.8. The van der Waals surface area contributed by atoms with E-state index in [0.29, 0.717) is 10.8 Å². The molecule has 4 aromatic rings. The number of aromatic nitrogens is 2. The molecule has 150 valence electrons. The summed E-state index contributed by atoms with van der Waals surface area (Å²) in [7, 11) is 1.64. The van der Waals surface area contributed by atoms with Gasteiger partial charge in [-0.15, -0.1) is 29.1 Å². The van der Waals surface area contributed by atoms with Crippen LogP contribution >= 0.6 is 22.7 Å². The minimum Gasteiger partial charge on any atom is -0.394 e. The Morgan fingerprint density at radius 2 is 2.07 bits per heavy atom. The molecule has 0 bridgehead atoms. The van der Waals surface area contributed by atoms with Gasteiger partial charge in [0.05, 0.1) is 28.4 Å². The molecule has 0 aliphatic rings. The molecule has 30 heavy (non-hydrogen) atoms. The van der Waals surface area contributed by atoms with E-state index in [0.717, 1.165) is 26.9 Å². The number of carbonyl (C=O) groups excluding carboxylic acids is 1. The number of rotatable bonds is 5. The lowest BCUT2D eigenvalue weighted by atomic mass is 10.00. The summed E-state index contributed by atoms with van der Waals surface area (Å²) >= 11 is 2.89.